The van der Waals surface area contributed by atoms with Crippen molar-refractivity contribution in [3.8, 4) is 0 Å². The second-order valence-electron chi connectivity index (χ2n) is 4.38. The van der Waals surface area contributed by atoms with Crippen LogP contribution in [0.25, 0.3) is 0 Å². The first kappa shape index (κ1) is 11.1. The van der Waals surface area contributed by atoms with Crippen molar-refractivity contribution in [2.45, 2.75) is 25.2 Å². The fourth-order valence-electron chi connectivity index (χ4n) is 2.20. The van der Waals surface area contributed by atoms with Gasteiger partial charge in [-0.05, 0) is 36.5 Å². The summed E-state index contributed by atoms with van der Waals surface area (Å²) in [4.78, 5) is 10.7. The highest BCUT2D eigenvalue weighted by Gasteiger charge is 2.28. The molecule has 0 amide bonds. The van der Waals surface area contributed by atoms with Crippen LogP contribution in [0.4, 0.5) is 4.39 Å². The SMILES string of the molecule is O=C(O)c1ccc(C(CF)C2CCC2)cc1. The fourth-order valence-corrected chi connectivity index (χ4v) is 2.20. The van der Waals surface area contributed by atoms with Gasteiger partial charge in [-0.1, -0.05) is 18.6 Å². The number of hydrogen-bond donors (Lipinski definition) is 1. The van der Waals surface area contributed by atoms with Crippen LogP contribution in [0.2, 0.25) is 0 Å². The quantitative estimate of drug-likeness (QED) is 0.849. The van der Waals surface area contributed by atoms with E-state index < -0.39 is 5.97 Å². The molecule has 1 atom stereocenters. The lowest BCUT2D eigenvalue weighted by atomic mass is 9.73. The second kappa shape index (κ2) is 4.64. The molecule has 1 fully saturated rings. The van der Waals surface area contributed by atoms with E-state index in [0.717, 1.165) is 18.4 Å². The Morgan fingerprint density at radius 2 is 2.00 bits per heavy atom. The van der Waals surface area contributed by atoms with E-state index >= 15 is 0 Å². The third-order valence-electron chi connectivity index (χ3n) is 3.47. The molecular weight excluding hydrogens is 207 g/mol. The average Bonchev–Trinajstić information content (AvgIpc) is 2.23. The van der Waals surface area contributed by atoms with Crippen LogP contribution in [-0.2, 0) is 0 Å². The van der Waals surface area contributed by atoms with Gasteiger partial charge >= 0.3 is 5.97 Å². The number of carboxylic acid groups (broad SMARTS) is 1. The molecule has 1 N–H and O–H groups in total. The van der Waals surface area contributed by atoms with Gasteiger partial charge in [-0.2, -0.15) is 0 Å². The van der Waals surface area contributed by atoms with Crippen LogP contribution >= 0.6 is 0 Å². The Bertz CT molecular complexity index is 368. The highest BCUT2D eigenvalue weighted by Crippen LogP contribution is 2.39. The molecule has 1 aromatic carbocycles. The number of benzene rings is 1. The molecule has 0 heterocycles. The van der Waals surface area contributed by atoms with Crippen LogP contribution in [0.3, 0.4) is 0 Å². The molecule has 16 heavy (non-hydrogen) atoms. The molecule has 86 valence electrons. The van der Waals surface area contributed by atoms with Crippen molar-refractivity contribution < 1.29 is 14.3 Å². The van der Waals surface area contributed by atoms with Crippen LogP contribution in [0.1, 0.15) is 41.1 Å². The Labute approximate surface area is 94.1 Å². The molecule has 1 saturated carbocycles. The predicted octanol–water partition coefficient (Wildman–Crippen LogP) is 3.24. The van der Waals surface area contributed by atoms with Crippen LogP contribution in [0.5, 0.6) is 0 Å². The third-order valence-corrected chi connectivity index (χ3v) is 3.47. The van der Waals surface area contributed by atoms with Gasteiger partial charge in [0.1, 0.15) is 0 Å². The monoisotopic (exact) mass is 222 g/mol. The molecule has 1 aliphatic rings. The summed E-state index contributed by atoms with van der Waals surface area (Å²) in [5.41, 5.74) is 1.19. The Hall–Kier alpha value is -1.38. The number of rotatable bonds is 4. The molecule has 0 saturated heterocycles. The Balaban J connectivity index is 2.15. The Morgan fingerprint density at radius 3 is 2.38 bits per heavy atom. The molecule has 1 aliphatic carbocycles. The van der Waals surface area contributed by atoms with Crippen LogP contribution in [-0.4, -0.2) is 17.8 Å². The predicted molar refractivity (Wildman–Crippen MR) is 59.5 cm³/mol. The van der Waals surface area contributed by atoms with Crippen molar-refractivity contribution in [2.75, 3.05) is 6.67 Å². The Kier molecular flexibility index (Phi) is 3.22. The lowest BCUT2D eigenvalue weighted by Gasteiger charge is -2.32. The van der Waals surface area contributed by atoms with Gasteiger partial charge < -0.3 is 5.11 Å². The van der Waals surface area contributed by atoms with Crippen molar-refractivity contribution in [3.63, 3.8) is 0 Å². The van der Waals surface area contributed by atoms with Crippen molar-refractivity contribution in [1.82, 2.24) is 0 Å². The van der Waals surface area contributed by atoms with Gasteiger partial charge in [-0.3, -0.25) is 4.39 Å². The maximum Gasteiger partial charge on any atom is 0.335 e. The van der Waals surface area contributed by atoms with E-state index in [4.69, 9.17) is 5.11 Å². The highest BCUT2D eigenvalue weighted by molar-refractivity contribution is 5.87. The summed E-state index contributed by atoms with van der Waals surface area (Å²) < 4.78 is 13.0. The van der Waals surface area contributed by atoms with E-state index in [1.54, 1.807) is 24.3 Å². The number of aromatic carboxylic acids is 1. The van der Waals surface area contributed by atoms with E-state index in [-0.39, 0.29) is 18.2 Å². The summed E-state index contributed by atoms with van der Waals surface area (Å²) in [6.45, 7) is -0.350. The van der Waals surface area contributed by atoms with Gasteiger partial charge in [0.15, 0.2) is 0 Å². The van der Waals surface area contributed by atoms with Crippen LogP contribution in [0.15, 0.2) is 24.3 Å². The smallest absolute Gasteiger partial charge is 0.335 e. The minimum atomic E-state index is -0.938. The molecule has 1 unspecified atom stereocenters. The van der Waals surface area contributed by atoms with E-state index in [9.17, 15) is 9.18 Å². The maximum absolute atomic E-state index is 13.0. The zero-order valence-electron chi connectivity index (χ0n) is 9.03. The second-order valence-corrected chi connectivity index (χ2v) is 4.38. The largest absolute Gasteiger partial charge is 0.478 e. The molecule has 3 heteroatoms. The van der Waals surface area contributed by atoms with Gasteiger partial charge in [-0.25, -0.2) is 4.79 Å². The summed E-state index contributed by atoms with van der Waals surface area (Å²) in [6, 6.07) is 6.59. The topological polar surface area (TPSA) is 37.3 Å². The number of carboxylic acids is 1. The molecular formula is C13H15FO2. The van der Waals surface area contributed by atoms with E-state index in [1.807, 2.05) is 0 Å². The molecule has 0 radical (unpaired) electrons. The van der Waals surface area contributed by atoms with Gasteiger partial charge in [0, 0.05) is 5.92 Å². The first-order chi connectivity index (χ1) is 7.72. The van der Waals surface area contributed by atoms with Gasteiger partial charge in [0.25, 0.3) is 0 Å². The fraction of sp³-hybridized carbons (Fsp3) is 0.462. The normalized spacial score (nSPS) is 17.8. The summed E-state index contributed by atoms with van der Waals surface area (Å²) in [6.07, 6.45) is 3.37. The third kappa shape index (κ3) is 2.08. The number of hydrogen-bond acceptors (Lipinski definition) is 1. The lowest BCUT2D eigenvalue weighted by Crippen LogP contribution is -2.21. The maximum atomic E-state index is 13.0. The first-order valence-electron chi connectivity index (χ1n) is 5.61. The number of carbonyl (C=O) groups is 1. The summed E-state index contributed by atoms with van der Waals surface area (Å²) in [7, 11) is 0. The summed E-state index contributed by atoms with van der Waals surface area (Å²) >= 11 is 0. The van der Waals surface area contributed by atoms with Crippen LogP contribution < -0.4 is 0 Å². The number of halogens is 1. The van der Waals surface area contributed by atoms with E-state index in [1.165, 1.54) is 6.42 Å². The van der Waals surface area contributed by atoms with Gasteiger partial charge in [0.2, 0.25) is 0 Å². The lowest BCUT2D eigenvalue weighted by molar-refractivity contribution is 0.0697. The van der Waals surface area contributed by atoms with Gasteiger partial charge in [0.05, 0.1) is 12.2 Å². The molecule has 0 aliphatic heterocycles. The Morgan fingerprint density at radius 1 is 1.38 bits per heavy atom. The summed E-state index contributed by atoms with van der Waals surface area (Å²) in [5.74, 6) is -0.538. The number of alkyl halides is 1. The summed E-state index contributed by atoms with van der Waals surface area (Å²) in [5, 5.41) is 8.76. The molecule has 0 spiro atoms. The van der Waals surface area contributed by atoms with Gasteiger partial charge in [-0.15, -0.1) is 0 Å². The first-order valence-corrected chi connectivity index (χ1v) is 5.61. The zero-order chi connectivity index (χ0) is 11.5. The standard InChI is InChI=1S/C13H15FO2/c14-8-12(9-2-1-3-9)10-4-6-11(7-5-10)13(15)16/h4-7,9,12H,1-3,8H2,(H,15,16). The van der Waals surface area contributed by atoms with Crippen molar-refractivity contribution >= 4 is 5.97 Å². The highest BCUT2D eigenvalue weighted by atomic mass is 19.1. The van der Waals surface area contributed by atoms with Crippen LogP contribution in [0, 0.1) is 5.92 Å². The molecule has 2 rings (SSSR count). The van der Waals surface area contributed by atoms with E-state index in [2.05, 4.69) is 0 Å². The van der Waals surface area contributed by atoms with Crippen molar-refractivity contribution in [3.05, 3.63) is 35.4 Å². The molecule has 0 bridgehead atoms. The molecule has 1 aromatic rings. The minimum Gasteiger partial charge on any atom is -0.478 e. The molecule has 0 aromatic heterocycles. The van der Waals surface area contributed by atoms with Crippen molar-refractivity contribution in [1.29, 1.82) is 0 Å². The van der Waals surface area contributed by atoms with E-state index in [0.29, 0.717) is 5.92 Å². The average molecular weight is 222 g/mol. The van der Waals surface area contributed by atoms with Crippen molar-refractivity contribution in [2.24, 2.45) is 5.92 Å². The zero-order valence-corrected chi connectivity index (χ0v) is 9.03. The molecule has 2 nitrogen and oxygen atoms in total. The minimum absolute atomic E-state index is 0.0448.